The second-order valence-electron chi connectivity index (χ2n) is 4.58. The molecular weight excluding hydrogens is 257 g/mol. The van der Waals surface area contributed by atoms with Crippen molar-refractivity contribution in [3.63, 3.8) is 0 Å². The van der Waals surface area contributed by atoms with E-state index in [2.05, 4.69) is 4.90 Å². The molecule has 1 aliphatic rings. The molecule has 1 fully saturated rings. The molecule has 1 atom stereocenters. The Balaban J connectivity index is 2.00. The van der Waals surface area contributed by atoms with E-state index in [4.69, 9.17) is 23.2 Å². The molecule has 0 unspecified atom stereocenters. The number of β-amino-alcohol motifs (C(OH)–C–C–N with tert-alkyl or cyclic N) is 1. The van der Waals surface area contributed by atoms with Crippen molar-refractivity contribution in [3.8, 4) is 0 Å². The third-order valence-electron chi connectivity index (χ3n) is 3.15. The molecular formula is C13H17Cl2NO. The Morgan fingerprint density at radius 3 is 2.24 bits per heavy atom. The molecule has 0 bridgehead atoms. The summed E-state index contributed by atoms with van der Waals surface area (Å²) in [5.74, 6) is 0. The average Bonchev–Trinajstić information content (AvgIpc) is 2.29. The van der Waals surface area contributed by atoms with Crippen LogP contribution >= 0.6 is 23.2 Å². The first-order valence-electron chi connectivity index (χ1n) is 6.01. The minimum absolute atomic E-state index is 0.510. The first-order valence-corrected chi connectivity index (χ1v) is 6.77. The summed E-state index contributed by atoms with van der Waals surface area (Å²) in [4.78, 5) is 2.29. The van der Waals surface area contributed by atoms with Crippen molar-refractivity contribution in [2.75, 3.05) is 19.6 Å². The van der Waals surface area contributed by atoms with Gasteiger partial charge in [0.2, 0.25) is 0 Å². The number of aliphatic hydroxyl groups excluding tert-OH is 1. The van der Waals surface area contributed by atoms with Crippen LogP contribution in [0.25, 0.3) is 0 Å². The van der Waals surface area contributed by atoms with Gasteiger partial charge in [0.05, 0.1) is 6.10 Å². The maximum atomic E-state index is 10.2. The molecule has 94 valence electrons. The molecule has 1 N–H and O–H groups in total. The van der Waals surface area contributed by atoms with E-state index in [0.717, 1.165) is 18.7 Å². The maximum Gasteiger partial charge on any atom is 0.0917 e. The predicted octanol–water partition coefficient (Wildman–Crippen LogP) is 3.51. The van der Waals surface area contributed by atoms with Crippen LogP contribution in [0, 0.1) is 0 Å². The second kappa shape index (κ2) is 6.05. The highest BCUT2D eigenvalue weighted by Crippen LogP contribution is 2.24. The number of benzene rings is 1. The Hall–Kier alpha value is -0.280. The fourth-order valence-corrected chi connectivity index (χ4v) is 2.80. The average molecular weight is 274 g/mol. The summed E-state index contributed by atoms with van der Waals surface area (Å²) in [5, 5.41) is 11.3. The van der Waals surface area contributed by atoms with Crippen LogP contribution in [0.2, 0.25) is 10.0 Å². The lowest BCUT2D eigenvalue weighted by atomic mass is 10.1. The van der Waals surface area contributed by atoms with Crippen LogP contribution in [0.1, 0.15) is 30.9 Å². The third kappa shape index (κ3) is 3.85. The topological polar surface area (TPSA) is 23.5 Å². The minimum Gasteiger partial charge on any atom is -0.387 e. The van der Waals surface area contributed by atoms with Gasteiger partial charge in [-0.1, -0.05) is 29.6 Å². The molecule has 0 aliphatic carbocycles. The van der Waals surface area contributed by atoms with Crippen LogP contribution in [-0.4, -0.2) is 29.6 Å². The number of hydrogen-bond acceptors (Lipinski definition) is 2. The Bertz CT molecular complexity index is 357. The van der Waals surface area contributed by atoms with Crippen LogP contribution in [-0.2, 0) is 0 Å². The Labute approximate surface area is 112 Å². The van der Waals surface area contributed by atoms with Gasteiger partial charge in [-0.25, -0.2) is 0 Å². The number of hydrogen-bond donors (Lipinski definition) is 1. The largest absolute Gasteiger partial charge is 0.387 e. The summed E-state index contributed by atoms with van der Waals surface area (Å²) in [7, 11) is 0. The van der Waals surface area contributed by atoms with Gasteiger partial charge >= 0.3 is 0 Å². The molecule has 1 saturated heterocycles. The fraction of sp³-hybridized carbons (Fsp3) is 0.538. The van der Waals surface area contributed by atoms with Gasteiger partial charge in [0.1, 0.15) is 0 Å². The summed E-state index contributed by atoms with van der Waals surface area (Å²) in [6, 6.07) is 5.24. The van der Waals surface area contributed by atoms with E-state index in [0.29, 0.717) is 16.6 Å². The molecule has 1 aliphatic heterocycles. The van der Waals surface area contributed by atoms with Crippen molar-refractivity contribution in [1.29, 1.82) is 0 Å². The number of aliphatic hydroxyl groups is 1. The zero-order valence-electron chi connectivity index (χ0n) is 9.70. The number of rotatable bonds is 3. The van der Waals surface area contributed by atoms with Crippen LogP contribution in [0.3, 0.4) is 0 Å². The van der Waals surface area contributed by atoms with E-state index in [9.17, 15) is 5.11 Å². The summed E-state index contributed by atoms with van der Waals surface area (Å²) in [5.41, 5.74) is 0.799. The maximum absolute atomic E-state index is 10.2. The van der Waals surface area contributed by atoms with E-state index in [-0.39, 0.29) is 0 Å². The van der Waals surface area contributed by atoms with E-state index in [1.807, 2.05) is 0 Å². The van der Waals surface area contributed by atoms with Gasteiger partial charge in [-0.3, -0.25) is 0 Å². The summed E-state index contributed by atoms with van der Waals surface area (Å²) in [6.45, 7) is 2.81. The van der Waals surface area contributed by atoms with Gasteiger partial charge in [0.25, 0.3) is 0 Å². The number of halogens is 2. The summed E-state index contributed by atoms with van der Waals surface area (Å²) in [6.07, 6.45) is 3.24. The molecule has 0 radical (unpaired) electrons. The Morgan fingerprint density at radius 2 is 1.65 bits per heavy atom. The van der Waals surface area contributed by atoms with E-state index >= 15 is 0 Å². The molecule has 1 aromatic carbocycles. The summed E-state index contributed by atoms with van der Waals surface area (Å²) < 4.78 is 0. The standard InChI is InChI=1S/C13H17Cl2NO/c14-11-6-10(7-12(15)8-11)13(17)9-16-4-2-1-3-5-16/h6-8,13,17H,1-5,9H2/t13-/m1/s1. The van der Waals surface area contributed by atoms with Gasteiger partial charge in [-0.15, -0.1) is 0 Å². The Morgan fingerprint density at radius 1 is 1.06 bits per heavy atom. The van der Waals surface area contributed by atoms with Crippen molar-refractivity contribution in [2.24, 2.45) is 0 Å². The lowest BCUT2D eigenvalue weighted by Gasteiger charge is -2.28. The van der Waals surface area contributed by atoms with Crippen molar-refractivity contribution in [1.82, 2.24) is 4.90 Å². The molecule has 0 spiro atoms. The molecule has 0 saturated carbocycles. The van der Waals surface area contributed by atoms with Gasteiger partial charge in [-0.05, 0) is 49.7 Å². The zero-order valence-corrected chi connectivity index (χ0v) is 11.2. The van der Waals surface area contributed by atoms with Crippen LogP contribution in [0.5, 0.6) is 0 Å². The minimum atomic E-state index is -0.510. The van der Waals surface area contributed by atoms with Crippen LogP contribution < -0.4 is 0 Å². The van der Waals surface area contributed by atoms with Gasteiger partial charge in [-0.2, -0.15) is 0 Å². The first-order chi connectivity index (χ1) is 8.15. The molecule has 4 heteroatoms. The van der Waals surface area contributed by atoms with E-state index in [1.165, 1.54) is 19.3 Å². The molecule has 0 amide bonds. The Kier molecular flexibility index (Phi) is 4.69. The van der Waals surface area contributed by atoms with Crippen LogP contribution in [0.15, 0.2) is 18.2 Å². The SMILES string of the molecule is O[C@H](CN1CCCCC1)c1cc(Cl)cc(Cl)c1. The fourth-order valence-electron chi connectivity index (χ4n) is 2.26. The van der Waals surface area contributed by atoms with Crippen LogP contribution in [0.4, 0.5) is 0 Å². The zero-order chi connectivity index (χ0) is 12.3. The first kappa shape index (κ1) is 13.2. The number of nitrogens with zero attached hydrogens (tertiary/aromatic N) is 1. The van der Waals surface area contributed by atoms with Gasteiger partial charge < -0.3 is 10.0 Å². The highest BCUT2D eigenvalue weighted by Gasteiger charge is 2.16. The molecule has 1 heterocycles. The van der Waals surface area contributed by atoms with E-state index in [1.54, 1.807) is 18.2 Å². The number of likely N-dealkylation sites (tertiary alicyclic amines) is 1. The smallest absolute Gasteiger partial charge is 0.0917 e. The van der Waals surface area contributed by atoms with Crippen molar-refractivity contribution < 1.29 is 5.11 Å². The highest BCUT2D eigenvalue weighted by molar-refractivity contribution is 6.34. The normalized spacial score (nSPS) is 19.2. The third-order valence-corrected chi connectivity index (χ3v) is 3.59. The monoisotopic (exact) mass is 273 g/mol. The van der Waals surface area contributed by atoms with Crippen molar-refractivity contribution in [3.05, 3.63) is 33.8 Å². The van der Waals surface area contributed by atoms with E-state index < -0.39 is 6.10 Å². The quantitative estimate of drug-likeness (QED) is 0.911. The molecule has 2 nitrogen and oxygen atoms in total. The lowest BCUT2D eigenvalue weighted by Crippen LogP contribution is -2.33. The second-order valence-corrected chi connectivity index (χ2v) is 5.45. The molecule has 2 rings (SSSR count). The molecule has 1 aromatic rings. The van der Waals surface area contributed by atoms with Crippen molar-refractivity contribution in [2.45, 2.75) is 25.4 Å². The highest BCUT2D eigenvalue weighted by atomic mass is 35.5. The predicted molar refractivity (Wildman–Crippen MR) is 71.7 cm³/mol. The summed E-state index contributed by atoms with van der Waals surface area (Å²) >= 11 is 11.9. The van der Waals surface area contributed by atoms with Gasteiger partial charge in [0, 0.05) is 16.6 Å². The lowest BCUT2D eigenvalue weighted by molar-refractivity contribution is 0.101. The molecule has 0 aromatic heterocycles. The van der Waals surface area contributed by atoms with Crippen molar-refractivity contribution >= 4 is 23.2 Å². The van der Waals surface area contributed by atoms with Gasteiger partial charge in [0.15, 0.2) is 0 Å². The molecule has 17 heavy (non-hydrogen) atoms. The number of piperidine rings is 1.